The summed E-state index contributed by atoms with van der Waals surface area (Å²) < 4.78 is 13.5. The molecule has 2 aromatic carbocycles. The van der Waals surface area contributed by atoms with Gasteiger partial charge < -0.3 is 15.8 Å². The van der Waals surface area contributed by atoms with E-state index in [2.05, 4.69) is 9.97 Å². The van der Waals surface area contributed by atoms with Gasteiger partial charge >= 0.3 is 0 Å². The number of aromatic hydroxyl groups is 1. The van der Waals surface area contributed by atoms with Crippen LogP contribution < -0.4 is 11.3 Å². The first kappa shape index (κ1) is 20.3. The number of amides is 1. The molecule has 0 unspecified atom stereocenters. The largest absolute Gasteiger partial charge is 0.493 e. The van der Waals surface area contributed by atoms with E-state index < -0.39 is 11.7 Å². The number of hydrogen-bond acceptors (Lipinski definition) is 4. The number of H-pyrrole nitrogens is 1. The van der Waals surface area contributed by atoms with Gasteiger partial charge in [0.15, 0.2) is 0 Å². The van der Waals surface area contributed by atoms with E-state index in [0.717, 1.165) is 24.5 Å². The normalized spacial score (nSPS) is 10.8. The fourth-order valence-corrected chi connectivity index (χ4v) is 3.18. The van der Waals surface area contributed by atoms with E-state index in [0.29, 0.717) is 23.4 Å². The summed E-state index contributed by atoms with van der Waals surface area (Å²) in [5.74, 6) is -1.11. The third-order valence-corrected chi connectivity index (χ3v) is 4.68. The van der Waals surface area contributed by atoms with Crippen molar-refractivity contribution in [3.63, 3.8) is 0 Å². The number of nitrogens with zero attached hydrogens (tertiary/aromatic N) is 1. The lowest BCUT2D eigenvalue weighted by molar-refractivity contribution is 0.100. The van der Waals surface area contributed by atoms with Crippen LogP contribution in [-0.2, 0) is 12.8 Å². The molecule has 29 heavy (non-hydrogen) atoms. The Balaban J connectivity index is 1.94. The van der Waals surface area contributed by atoms with E-state index in [-0.39, 0.29) is 29.0 Å². The molecule has 0 atom stereocenters. The lowest BCUT2D eigenvalue weighted by atomic mass is 9.96. The van der Waals surface area contributed by atoms with Crippen LogP contribution in [-0.4, -0.2) is 21.0 Å². The Hall–Kier alpha value is -3.48. The molecule has 4 N–H and O–H groups in total. The van der Waals surface area contributed by atoms with Crippen LogP contribution in [0.4, 0.5) is 4.39 Å². The first-order valence-corrected chi connectivity index (χ1v) is 9.38. The molecule has 0 spiro atoms. The summed E-state index contributed by atoms with van der Waals surface area (Å²) in [5.41, 5.74) is 7.11. The highest BCUT2D eigenvalue weighted by atomic mass is 19.1. The van der Waals surface area contributed by atoms with Gasteiger partial charge in [0.05, 0.1) is 5.56 Å². The number of hydrogen-bond donors (Lipinski definition) is 3. The zero-order valence-corrected chi connectivity index (χ0v) is 16.0. The standard InChI is InChI=1S/C22H22FN3O3/c1-2-3-7-19-25-21(28)18(22(29)26-19)11-13-5-4-6-14(10-13)16-9-8-15(23)12-17(16)20(24)27/h4-6,8-10,12H,2-3,7,11H2,1H3,(H2,24,27)(H2,25,26,28,29). The third-order valence-electron chi connectivity index (χ3n) is 4.68. The van der Waals surface area contributed by atoms with Gasteiger partial charge in [-0.05, 0) is 35.2 Å². The van der Waals surface area contributed by atoms with Crippen LogP contribution in [0.15, 0.2) is 47.3 Å². The molecular formula is C22H22FN3O3. The second-order valence-corrected chi connectivity index (χ2v) is 6.85. The van der Waals surface area contributed by atoms with Crippen LogP contribution in [0.2, 0.25) is 0 Å². The number of rotatable bonds is 7. The van der Waals surface area contributed by atoms with Crippen molar-refractivity contribution in [2.75, 3.05) is 0 Å². The fourth-order valence-electron chi connectivity index (χ4n) is 3.18. The van der Waals surface area contributed by atoms with Gasteiger partial charge in [-0.25, -0.2) is 9.37 Å². The Labute approximate surface area is 167 Å². The van der Waals surface area contributed by atoms with E-state index in [9.17, 15) is 19.1 Å². The lowest BCUT2D eigenvalue weighted by Gasteiger charge is -2.10. The Morgan fingerprint density at radius 1 is 1.24 bits per heavy atom. The number of nitrogens with two attached hydrogens (primary N) is 1. The molecule has 1 amide bonds. The molecule has 7 heteroatoms. The summed E-state index contributed by atoms with van der Waals surface area (Å²) in [4.78, 5) is 30.9. The molecule has 1 heterocycles. The van der Waals surface area contributed by atoms with Gasteiger partial charge in [-0.1, -0.05) is 43.7 Å². The molecule has 0 saturated carbocycles. The SMILES string of the molecule is CCCCc1nc(O)c(Cc2cccc(-c3ccc(F)cc3C(N)=O)c2)c(=O)[nH]1. The number of benzene rings is 2. The van der Waals surface area contributed by atoms with Crippen molar-refractivity contribution in [3.8, 4) is 17.0 Å². The van der Waals surface area contributed by atoms with Crippen LogP contribution in [0.25, 0.3) is 11.1 Å². The Bertz CT molecular complexity index is 1110. The second-order valence-electron chi connectivity index (χ2n) is 6.85. The van der Waals surface area contributed by atoms with Crippen LogP contribution in [0.5, 0.6) is 5.88 Å². The molecule has 6 nitrogen and oxygen atoms in total. The predicted octanol–water partition coefficient (Wildman–Crippen LogP) is 3.31. The highest BCUT2D eigenvalue weighted by molar-refractivity contribution is 5.99. The quantitative estimate of drug-likeness (QED) is 0.570. The lowest BCUT2D eigenvalue weighted by Crippen LogP contribution is -2.17. The number of aromatic amines is 1. The summed E-state index contributed by atoms with van der Waals surface area (Å²) in [6, 6.07) is 10.9. The molecule has 1 aromatic heterocycles. The number of aromatic nitrogens is 2. The Kier molecular flexibility index (Phi) is 6.07. The maximum atomic E-state index is 13.5. The van der Waals surface area contributed by atoms with Crippen molar-refractivity contribution in [1.82, 2.24) is 9.97 Å². The van der Waals surface area contributed by atoms with Crippen LogP contribution in [0.3, 0.4) is 0 Å². The summed E-state index contributed by atoms with van der Waals surface area (Å²) >= 11 is 0. The second kappa shape index (κ2) is 8.68. The van der Waals surface area contributed by atoms with E-state index in [1.54, 1.807) is 24.3 Å². The zero-order valence-electron chi connectivity index (χ0n) is 16.0. The molecule has 0 aliphatic carbocycles. The first-order valence-electron chi connectivity index (χ1n) is 9.38. The first-order chi connectivity index (χ1) is 13.9. The minimum absolute atomic E-state index is 0.0739. The number of carbonyl (C=O) groups excluding carboxylic acids is 1. The maximum absolute atomic E-state index is 13.5. The van der Waals surface area contributed by atoms with Gasteiger partial charge in [-0.15, -0.1) is 0 Å². The van der Waals surface area contributed by atoms with Crippen molar-refractivity contribution in [2.24, 2.45) is 5.73 Å². The molecule has 0 fully saturated rings. The molecule has 0 radical (unpaired) electrons. The number of aryl methyl sites for hydroxylation is 1. The molecule has 0 bridgehead atoms. The highest BCUT2D eigenvalue weighted by Crippen LogP contribution is 2.26. The molecule has 3 aromatic rings. The summed E-state index contributed by atoms with van der Waals surface area (Å²) in [7, 11) is 0. The van der Waals surface area contributed by atoms with E-state index in [1.165, 1.54) is 12.1 Å². The van der Waals surface area contributed by atoms with Crippen LogP contribution in [0.1, 0.15) is 47.1 Å². The molecule has 0 aliphatic rings. The van der Waals surface area contributed by atoms with Gasteiger partial charge in [0.1, 0.15) is 11.6 Å². The summed E-state index contributed by atoms with van der Waals surface area (Å²) in [6.07, 6.45) is 2.57. The maximum Gasteiger partial charge on any atom is 0.258 e. The number of unbranched alkanes of at least 4 members (excludes halogenated alkanes) is 1. The molecular weight excluding hydrogens is 373 g/mol. The summed E-state index contributed by atoms with van der Waals surface area (Å²) in [6.45, 7) is 2.03. The average Bonchev–Trinajstić information content (AvgIpc) is 2.69. The summed E-state index contributed by atoms with van der Waals surface area (Å²) in [5, 5.41) is 10.2. The van der Waals surface area contributed by atoms with E-state index >= 15 is 0 Å². The van der Waals surface area contributed by atoms with Gasteiger partial charge in [0, 0.05) is 18.4 Å². The van der Waals surface area contributed by atoms with Crippen molar-refractivity contribution < 1.29 is 14.3 Å². The van der Waals surface area contributed by atoms with Crippen molar-refractivity contribution in [1.29, 1.82) is 0 Å². The minimum atomic E-state index is -0.731. The zero-order chi connectivity index (χ0) is 21.0. The number of carbonyl (C=O) groups is 1. The van der Waals surface area contributed by atoms with Crippen LogP contribution >= 0.6 is 0 Å². The topological polar surface area (TPSA) is 109 Å². The number of nitrogens with one attached hydrogen (secondary N) is 1. The Morgan fingerprint density at radius 2 is 2.03 bits per heavy atom. The van der Waals surface area contributed by atoms with Gasteiger partial charge in [-0.2, -0.15) is 0 Å². The number of halogens is 1. The van der Waals surface area contributed by atoms with Crippen molar-refractivity contribution in [3.05, 3.63) is 81.2 Å². The van der Waals surface area contributed by atoms with Gasteiger partial charge in [-0.3, -0.25) is 9.59 Å². The van der Waals surface area contributed by atoms with E-state index in [1.807, 2.05) is 6.92 Å². The van der Waals surface area contributed by atoms with Gasteiger partial charge in [0.2, 0.25) is 11.8 Å². The molecule has 0 aliphatic heterocycles. The number of primary amides is 1. The van der Waals surface area contributed by atoms with E-state index in [4.69, 9.17) is 5.73 Å². The Morgan fingerprint density at radius 3 is 2.72 bits per heavy atom. The third kappa shape index (κ3) is 4.68. The van der Waals surface area contributed by atoms with Crippen molar-refractivity contribution in [2.45, 2.75) is 32.6 Å². The fraction of sp³-hybridized carbons (Fsp3) is 0.227. The average molecular weight is 395 g/mol. The molecule has 0 saturated heterocycles. The monoisotopic (exact) mass is 395 g/mol. The predicted molar refractivity (Wildman–Crippen MR) is 108 cm³/mol. The van der Waals surface area contributed by atoms with Crippen LogP contribution in [0, 0.1) is 5.82 Å². The smallest absolute Gasteiger partial charge is 0.258 e. The highest BCUT2D eigenvalue weighted by Gasteiger charge is 2.14. The van der Waals surface area contributed by atoms with Gasteiger partial charge in [0.25, 0.3) is 5.56 Å². The van der Waals surface area contributed by atoms with Crippen molar-refractivity contribution >= 4 is 5.91 Å². The minimum Gasteiger partial charge on any atom is -0.493 e. The molecule has 150 valence electrons. The molecule has 3 rings (SSSR count).